The smallest absolute Gasteiger partial charge is 0.241 e. The monoisotopic (exact) mass is 301 g/mol. The second-order valence-electron chi connectivity index (χ2n) is 3.60. The molecular formula is C11H16BrN3O2. The van der Waals surface area contributed by atoms with Crippen LogP contribution in [-0.2, 0) is 9.53 Å². The number of rotatable bonds is 6. The Morgan fingerprint density at radius 3 is 3.00 bits per heavy atom. The van der Waals surface area contributed by atoms with Crippen molar-refractivity contribution in [3.05, 3.63) is 22.9 Å². The highest BCUT2D eigenvalue weighted by molar-refractivity contribution is 9.10. The summed E-state index contributed by atoms with van der Waals surface area (Å²) in [5.74, 6) is -0.203. The van der Waals surface area contributed by atoms with Gasteiger partial charge in [0.15, 0.2) is 0 Å². The molecule has 0 aliphatic rings. The van der Waals surface area contributed by atoms with Gasteiger partial charge in [-0.05, 0) is 40.9 Å². The maximum atomic E-state index is 11.7. The molecule has 0 spiro atoms. The number of hydrogen-bond donors (Lipinski definition) is 2. The van der Waals surface area contributed by atoms with Crippen molar-refractivity contribution in [2.75, 3.05) is 19.0 Å². The van der Waals surface area contributed by atoms with Crippen LogP contribution in [0.1, 0.15) is 12.8 Å². The number of carbonyl (C=O) groups excluding carboxylic acids is 1. The lowest BCUT2D eigenvalue weighted by atomic mass is 10.1. The first-order valence-electron chi connectivity index (χ1n) is 5.30. The Balaban J connectivity index is 2.40. The van der Waals surface area contributed by atoms with E-state index in [1.54, 1.807) is 25.4 Å². The zero-order valence-electron chi connectivity index (χ0n) is 9.65. The average Bonchev–Trinajstić information content (AvgIpc) is 2.32. The van der Waals surface area contributed by atoms with E-state index in [1.165, 1.54) is 0 Å². The number of carbonyl (C=O) groups is 1. The molecule has 1 heterocycles. The summed E-state index contributed by atoms with van der Waals surface area (Å²) < 4.78 is 5.62. The van der Waals surface area contributed by atoms with E-state index < -0.39 is 6.04 Å². The van der Waals surface area contributed by atoms with Gasteiger partial charge in [-0.15, -0.1) is 0 Å². The molecule has 1 rings (SSSR count). The number of amides is 1. The summed E-state index contributed by atoms with van der Waals surface area (Å²) >= 11 is 3.22. The number of halogens is 1. The van der Waals surface area contributed by atoms with E-state index in [-0.39, 0.29) is 5.91 Å². The molecule has 0 fully saturated rings. The lowest BCUT2D eigenvalue weighted by Crippen LogP contribution is -2.35. The van der Waals surface area contributed by atoms with Crippen molar-refractivity contribution in [3.63, 3.8) is 0 Å². The minimum atomic E-state index is -0.520. The molecule has 0 bridgehead atoms. The van der Waals surface area contributed by atoms with Crippen LogP contribution in [-0.4, -0.2) is 30.6 Å². The second-order valence-corrected chi connectivity index (χ2v) is 4.41. The van der Waals surface area contributed by atoms with Gasteiger partial charge in [0.1, 0.15) is 4.60 Å². The van der Waals surface area contributed by atoms with Gasteiger partial charge in [-0.3, -0.25) is 4.79 Å². The van der Waals surface area contributed by atoms with E-state index in [0.717, 1.165) is 11.0 Å². The van der Waals surface area contributed by atoms with Gasteiger partial charge in [-0.2, -0.15) is 0 Å². The highest BCUT2D eigenvalue weighted by Crippen LogP contribution is 2.10. The van der Waals surface area contributed by atoms with E-state index >= 15 is 0 Å². The third kappa shape index (κ3) is 5.25. The third-order valence-corrected chi connectivity index (χ3v) is 2.66. The summed E-state index contributed by atoms with van der Waals surface area (Å²) in [5, 5.41) is 2.71. The van der Waals surface area contributed by atoms with Crippen LogP contribution < -0.4 is 11.1 Å². The first kappa shape index (κ1) is 14.1. The van der Waals surface area contributed by atoms with Gasteiger partial charge in [-0.25, -0.2) is 4.98 Å². The van der Waals surface area contributed by atoms with E-state index in [0.29, 0.717) is 18.7 Å². The molecular weight excluding hydrogens is 286 g/mol. The minimum absolute atomic E-state index is 0.203. The number of nitrogens with two attached hydrogens (primary N) is 1. The first-order chi connectivity index (χ1) is 8.13. The van der Waals surface area contributed by atoms with Crippen molar-refractivity contribution in [1.82, 2.24) is 4.98 Å². The summed E-state index contributed by atoms with van der Waals surface area (Å²) in [7, 11) is 1.62. The van der Waals surface area contributed by atoms with E-state index in [9.17, 15) is 4.79 Å². The number of nitrogens with one attached hydrogen (secondary N) is 1. The van der Waals surface area contributed by atoms with Crippen LogP contribution >= 0.6 is 15.9 Å². The zero-order chi connectivity index (χ0) is 12.7. The molecule has 94 valence electrons. The van der Waals surface area contributed by atoms with Crippen molar-refractivity contribution in [3.8, 4) is 0 Å². The van der Waals surface area contributed by atoms with Gasteiger partial charge >= 0.3 is 0 Å². The Morgan fingerprint density at radius 1 is 1.65 bits per heavy atom. The van der Waals surface area contributed by atoms with Gasteiger partial charge in [0.05, 0.1) is 17.9 Å². The Labute approximate surface area is 109 Å². The molecule has 1 aromatic rings. The average molecular weight is 302 g/mol. The largest absolute Gasteiger partial charge is 0.385 e. The second kappa shape index (κ2) is 7.37. The molecule has 3 N–H and O–H groups in total. The van der Waals surface area contributed by atoms with E-state index in [4.69, 9.17) is 10.5 Å². The third-order valence-electron chi connectivity index (χ3n) is 2.20. The summed E-state index contributed by atoms with van der Waals surface area (Å²) in [6.07, 6.45) is 2.94. The molecule has 1 amide bonds. The molecule has 5 nitrogen and oxygen atoms in total. The maximum Gasteiger partial charge on any atom is 0.241 e. The van der Waals surface area contributed by atoms with Crippen LogP contribution in [0.4, 0.5) is 5.69 Å². The van der Waals surface area contributed by atoms with Crippen LogP contribution in [0, 0.1) is 0 Å². The number of anilines is 1. The summed E-state index contributed by atoms with van der Waals surface area (Å²) in [5.41, 5.74) is 6.38. The standard InChI is InChI=1S/C11H16BrN3O2/c1-17-6-2-3-9(13)11(16)15-8-4-5-10(12)14-7-8/h4-5,7,9H,2-3,6,13H2,1H3,(H,15,16). The van der Waals surface area contributed by atoms with Gasteiger partial charge in [0.25, 0.3) is 0 Å². The number of pyridine rings is 1. The van der Waals surface area contributed by atoms with Crippen LogP contribution in [0.15, 0.2) is 22.9 Å². The number of methoxy groups -OCH3 is 1. The van der Waals surface area contributed by atoms with Crippen LogP contribution in [0.3, 0.4) is 0 Å². The molecule has 0 saturated carbocycles. The molecule has 1 atom stereocenters. The SMILES string of the molecule is COCCCC(N)C(=O)Nc1ccc(Br)nc1. The predicted molar refractivity (Wildman–Crippen MR) is 69.7 cm³/mol. The topological polar surface area (TPSA) is 77.2 Å². The Hall–Kier alpha value is -0.980. The van der Waals surface area contributed by atoms with Crippen LogP contribution in [0.25, 0.3) is 0 Å². The maximum absolute atomic E-state index is 11.7. The summed E-state index contributed by atoms with van der Waals surface area (Å²) in [6.45, 7) is 0.612. The molecule has 0 radical (unpaired) electrons. The molecule has 0 aliphatic heterocycles. The fourth-order valence-corrected chi connectivity index (χ4v) is 1.50. The zero-order valence-corrected chi connectivity index (χ0v) is 11.2. The van der Waals surface area contributed by atoms with Crippen molar-refractivity contribution < 1.29 is 9.53 Å². The molecule has 0 aliphatic carbocycles. The Bertz CT molecular complexity index is 356. The lowest BCUT2D eigenvalue weighted by Gasteiger charge is -2.11. The molecule has 0 aromatic carbocycles. The van der Waals surface area contributed by atoms with Crippen molar-refractivity contribution >= 4 is 27.5 Å². The van der Waals surface area contributed by atoms with Crippen molar-refractivity contribution in [2.24, 2.45) is 5.73 Å². The van der Waals surface area contributed by atoms with Crippen LogP contribution in [0.5, 0.6) is 0 Å². The highest BCUT2D eigenvalue weighted by atomic mass is 79.9. The first-order valence-corrected chi connectivity index (χ1v) is 6.09. The molecule has 6 heteroatoms. The summed E-state index contributed by atoms with van der Waals surface area (Å²) in [6, 6.07) is 3.00. The van der Waals surface area contributed by atoms with Crippen molar-refractivity contribution in [2.45, 2.75) is 18.9 Å². The summed E-state index contributed by atoms with van der Waals surface area (Å²) in [4.78, 5) is 15.7. The van der Waals surface area contributed by atoms with E-state index in [2.05, 4.69) is 26.2 Å². The predicted octanol–water partition coefficient (Wildman–Crippen LogP) is 1.54. The Morgan fingerprint density at radius 2 is 2.41 bits per heavy atom. The number of aromatic nitrogens is 1. The number of ether oxygens (including phenoxy) is 1. The van der Waals surface area contributed by atoms with Crippen LogP contribution in [0.2, 0.25) is 0 Å². The molecule has 1 unspecified atom stereocenters. The Kier molecular flexibility index (Phi) is 6.10. The van der Waals surface area contributed by atoms with Gasteiger partial charge < -0.3 is 15.8 Å². The number of hydrogen-bond acceptors (Lipinski definition) is 4. The lowest BCUT2D eigenvalue weighted by molar-refractivity contribution is -0.117. The molecule has 0 saturated heterocycles. The molecule has 1 aromatic heterocycles. The quantitative estimate of drug-likeness (QED) is 0.617. The number of nitrogens with zero attached hydrogens (tertiary/aromatic N) is 1. The van der Waals surface area contributed by atoms with Gasteiger partial charge in [0, 0.05) is 13.7 Å². The fourth-order valence-electron chi connectivity index (χ4n) is 1.26. The van der Waals surface area contributed by atoms with E-state index in [1.807, 2.05) is 0 Å². The minimum Gasteiger partial charge on any atom is -0.385 e. The molecule has 17 heavy (non-hydrogen) atoms. The van der Waals surface area contributed by atoms with Crippen molar-refractivity contribution in [1.29, 1.82) is 0 Å². The fraction of sp³-hybridized carbons (Fsp3) is 0.455. The highest BCUT2D eigenvalue weighted by Gasteiger charge is 2.13. The van der Waals surface area contributed by atoms with Gasteiger partial charge in [0.2, 0.25) is 5.91 Å². The normalized spacial score (nSPS) is 12.2. The van der Waals surface area contributed by atoms with Gasteiger partial charge in [-0.1, -0.05) is 0 Å².